The summed E-state index contributed by atoms with van der Waals surface area (Å²) in [6.45, 7) is 0.894. The molecule has 9 heteroatoms. The van der Waals surface area contributed by atoms with Crippen LogP contribution in [0.1, 0.15) is 54.4 Å². The number of nitrogens with zero attached hydrogens (tertiary/aromatic N) is 4. The number of fused-ring (bicyclic) bond motifs is 1. The molecule has 2 aromatic heterocycles. The van der Waals surface area contributed by atoms with Gasteiger partial charge in [-0.25, -0.2) is 4.68 Å². The summed E-state index contributed by atoms with van der Waals surface area (Å²) >= 11 is 0. The molecule has 28 heavy (non-hydrogen) atoms. The van der Waals surface area contributed by atoms with Crippen LogP contribution in [-0.2, 0) is 15.9 Å². The summed E-state index contributed by atoms with van der Waals surface area (Å²) in [6, 6.07) is 1.28. The van der Waals surface area contributed by atoms with Gasteiger partial charge in [-0.05, 0) is 12.3 Å². The molecule has 0 unspecified atom stereocenters. The molecular weight excluding hydrogens is 362 g/mol. The van der Waals surface area contributed by atoms with Gasteiger partial charge in [-0.2, -0.15) is 0 Å². The van der Waals surface area contributed by atoms with Gasteiger partial charge in [-0.15, -0.1) is 5.10 Å². The summed E-state index contributed by atoms with van der Waals surface area (Å²) in [7, 11) is 0. The average Bonchev–Trinajstić information content (AvgIpc) is 3.49. The van der Waals surface area contributed by atoms with E-state index in [4.69, 9.17) is 14.0 Å². The third-order valence-corrected chi connectivity index (χ3v) is 6.13. The lowest BCUT2D eigenvalue weighted by molar-refractivity contribution is 0.0611. The van der Waals surface area contributed by atoms with Crippen LogP contribution in [0.25, 0.3) is 0 Å². The number of hydrogen-bond acceptors (Lipinski definition) is 7. The zero-order chi connectivity index (χ0) is 18.9. The standard InChI is InChI=1S/C19H25N5O4/c25-19(16-6-7-20-28-16)21-14-10-26-18-15(11-27-17(14)18)24-9-13(22-23-24)8-12-4-2-1-3-5-12/h6-7,9,12,14-15,17-18H,1-5,8,10-11H2,(H,21,25)/t14-,15-,17+,18+/m0/s1. The van der Waals surface area contributed by atoms with Crippen molar-refractivity contribution in [2.45, 2.75) is 62.8 Å². The Kier molecular flexibility index (Phi) is 4.86. The number of carbonyl (C=O) groups excluding carboxylic acids is 1. The zero-order valence-corrected chi connectivity index (χ0v) is 15.7. The van der Waals surface area contributed by atoms with Crippen LogP contribution >= 0.6 is 0 Å². The van der Waals surface area contributed by atoms with E-state index in [9.17, 15) is 4.79 Å². The highest BCUT2D eigenvalue weighted by Crippen LogP contribution is 2.34. The van der Waals surface area contributed by atoms with Gasteiger partial charge < -0.3 is 19.3 Å². The molecular formula is C19H25N5O4. The molecule has 1 saturated carbocycles. The molecule has 0 radical (unpaired) electrons. The molecule has 0 spiro atoms. The smallest absolute Gasteiger partial charge is 0.290 e. The van der Waals surface area contributed by atoms with Gasteiger partial charge in [0.15, 0.2) is 0 Å². The zero-order valence-electron chi connectivity index (χ0n) is 15.7. The van der Waals surface area contributed by atoms with E-state index in [0.717, 1.165) is 18.0 Å². The van der Waals surface area contributed by atoms with E-state index < -0.39 is 0 Å². The summed E-state index contributed by atoms with van der Waals surface area (Å²) < 4.78 is 18.7. The Morgan fingerprint density at radius 1 is 1.18 bits per heavy atom. The topological polar surface area (TPSA) is 104 Å². The summed E-state index contributed by atoms with van der Waals surface area (Å²) in [6.07, 6.45) is 10.7. The normalized spacial score (nSPS) is 30.4. The predicted octanol–water partition coefficient (Wildman–Crippen LogP) is 1.53. The Balaban J connectivity index is 1.21. The van der Waals surface area contributed by atoms with Gasteiger partial charge in [0.25, 0.3) is 5.91 Å². The summed E-state index contributed by atoms with van der Waals surface area (Å²) in [5, 5.41) is 15.2. The van der Waals surface area contributed by atoms with Crippen LogP contribution in [0.3, 0.4) is 0 Å². The lowest BCUT2D eigenvalue weighted by Crippen LogP contribution is -2.44. The van der Waals surface area contributed by atoms with Crippen LogP contribution < -0.4 is 5.32 Å². The minimum Gasteiger partial charge on any atom is -0.371 e. The lowest BCUT2D eigenvalue weighted by atomic mass is 9.86. The first-order valence-electron chi connectivity index (χ1n) is 10.1. The van der Waals surface area contributed by atoms with Crippen LogP contribution in [0.15, 0.2) is 23.0 Å². The Hall–Kier alpha value is -2.26. The molecule has 5 rings (SSSR count). The quantitative estimate of drug-likeness (QED) is 0.829. The molecule has 1 aliphatic carbocycles. The molecule has 150 valence electrons. The Morgan fingerprint density at radius 3 is 2.86 bits per heavy atom. The average molecular weight is 387 g/mol. The molecule has 1 amide bonds. The highest BCUT2D eigenvalue weighted by atomic mass is 16.6. The Labute approximate surface area is 162 Å². The Morgan fingerprint density at radius 2 is 2.04 bits per heavy atom. The first-order chi connectivity index (χ1) is 13.8. The van der Waals surface area contributed by atoms with Crippen molar-refractivity contribution in [3.63, 3.8) is 0 Å². The SMILES string of the molecule is O=C(N[C@H]1CO[C@H]2[C@@H]1OC[C@@H]2n1cc(CC2CCCCC2)nn1)c1ccno1. The third-order valence-electron chi connectivity index (χ3n) is 6.13. The van der Waals surface area contributed by atoms with Gasteiger partial charge in [-0.3, -0.25) is 4.79 Å². The van der Waals surface area contributed by atoms with E-state index in [-0.39, 0.29) is 36.0 Å². The molecule has 0 aromatic carbocycles. The van der Waals surface area contributed by atoms with E-state index in [1.807, 2.05) is 10.9 Å². The Bertz CT molecular complexity index is 801. The van der Waals surface area contributed by atoms with Crippen molar-refractivity contribution >= 4 is 5.91 Å². The van der Waals surface area contributed by atoms with Crippen molar-refractivity contribution in [3.8, 4) is 0 Å². The van der Waals surface area contributed by atoms with E-state index in [0.29, 0.717) is 13.2 Å². The van der Waals surface area contributed by atoms with Crippen LogP contribution in [-0.4, -0.2) is 57.5 Å². The maximum Gasteiger partial charge on any atom is 0.290 e. The molecule has 1 N–H and O–H groups in total. The van der Waals surface area contributed by atoms with Crippen LogP contribution in [0.5, 0.6) is 0 Å². The van der Waals surface area contributed by atoms with E-state index in [2.05, 4.69) is 20.8 Å². The molecule has 3 aliphatic rings. The molecule has 9 nitrogen and oxygen atoms in total. The fourth-order valence-corrected chi connectivity index (χ4v) is 4.66. The molecule has 2 aliphatic heterocycles. The van der Waals surface area contributed by atoms with Crippen molar-refractivity contribution in [3.05, 3.63) is 29.9 Å². The van der Waals surface area contributed by atoms with Gasteiger partial charge in [-0.1, -0.05) is 42.5 Å². The number of amides is 1. The predicted molar refractivity (Wildman–Crippen MR) is 96.6 cm³/mol. The number of ether oxygens (including phenoxy) is 2. The van der Waals surface area contributed by atoms with Gasteiger partial charge in [0.05, 0.1) is 31.1 Å². The van der Waals surface area contributed by atoms with Crippen LogP contribution in [0.2, 0.25) is 0 Å². The van der Waals surface area contributed by atoms with Crippen molar-refractivity contribution in [1.29, 1.82) is 0 Å². The number of carbonyl (C=O) groups is 1. The number of rotatable bonds is 5. The number of aromatic nitrogens is 4. The monoisotopic (exact) mass is 387 g/mol. The van der Waals surface area contributed by atoms with E-state index >= 15 is 0 Å². The molecule has 3 fully saturated rings. The third kappa shape index (κ3) is 3.44. The minimum atomic E-state index is -0.311. The minimum absolute atomic E-state index is 0.0233. The summed E-state index contributed by atoms with van der Waals surface area (Å²) in [5.41, 5.74) is 1.04. The highest BCUT2D eigenvalue weighted by molar-refractivity contribution is 5.91. The number of hydrogen-bond donors (Lipinski definition) is 1. The highest BCUT2D eigenvalue weighted by Gasteiger charge is 2.49. The first kappa shape index (κ1) is 17.8. The van der Waals surface area contributed by atoms with Crippen LogP contribution in [0, 0.1) is 5.92 Å². The second-order valence-corrected chi connectivity index (χ2v) is 8.02. The maximum absolute atomic E-state index is 12.2. The van der Waals surface area contributed by atoms with Gasteiger partial charge in [0, 0.05) is 12.3 Å². The maximum atomic E-state index is 12.2. The summed E-state index contributed by atoms with van der Waals surface area (Å²) in [4.78, 5) is 12.2. The second kappa shape index (κ2) is 7.63. The second-order valence-electron chi connectivity index (χ2n) is 8.02. The fraction of sp³-hybridized carbons (Fsp3) is 0.684. The molecule has 2 saturated heterocycles. The molecule has 4 atom stereocenters. The van der Waals surface area contributed by atoms with E-state index in [1.165, 1.54) is 44.4 Å². The molecule has 2 aromatic rings. The largest absolute Gasteiger partial charge is 0.371 e. The van der Waals surface area contributed by atoms with Gasteiger partial charge in [0.2, 0.25) is 5.76 Å². The van der Waals surface area contributed by atoms with Crippen molar-refractivity contribution in [1.82, 2.24) is 25.5 Å². The lowest BCUT2D eigenvalue weighted by Gasteiger charge is -2.20. The van der Waals surface area contributed by atoms with Crippen molar-refractivity contribution in [2.75, 3.05) is 13.2 Å². The van der Waals surface area contributed by atoms with Crippen LogP contribution in [0.4, 0.5) is 0 Å². The molecule has 4 heterocycles. The number of nitrogens with one attached hydrogen (secondary N) is 1. The van der Waals surface area contributed by atoms with Crippen molar-refractivity contribution < 1.29 is 18.8 Å². The summed E-state index contributed by atoms with van der Waals surface area (Å²) in [5.74, 6) is 0.598. The van der Waals surface area contributed by atoms with Gasteiger partial charge >= 0.3 is 0 Å². The molecule has 0 bridgehead atoms. The fourth-order valence-electron chi connectivity index (χ4n) is 4.66. The first-order valence-corrected chi connectivity index (χ1v) is 10.1. The van der Waals surface area contributed by atoms with E-state index in [1.54, 1.807) is 0 Å². The van der Waals surface area contributed by atoms with Gasteiger partial charge in [0.1, 0.15) is 18.2 Å². The van der Waals surface area contributed by atoms with Crippen molar-refractivity contribution in [2.24, 2.45) is 5.92 Å².